The minimum Gasteiger partial charge on any atom is -0.493 e. The van der Waals surface area contributed by atoms with Gasteiger partial charge in [-0.1, -0.05) is 12.1 Å². The molecule has 0 unspecified atom stereocenters. The van der Waals surface area contributed by atoms with Gasteiger partial charge in [0.25, 0.3) is 11.1 Å². The van der Waals surface area contributed by atoms with Gasteiger partial charge in [-0.3, -0.25) is 19.3 Å². The molecule has 0 saturated carbocycles. The highest BCUT2D eigenvalue weighted by Crippen LogP contribution is 2.37. The summed E-state index contributed by atoms with van der Waals surface area (Å²) in [5.41, 5.74) is 1.42. The van der Waals surface area contributed by atoms with Gasteiger partial charge in [0, 0.05) is 0 Å². The quantitative estimate of drug-likeness (QED) is 0.245. The highest BCUT2D eigenvalue weighted by atomic mass is 127. The summed E-state index contributed by atoms with van der Waals surface area (Å²) in [6.45, 7) is 3.16. The first kappa shape index (κ1) is 25.0. The molecule has 0 N–H and O–H groups in total. The lowest BCUT2D eigenvalue weighted by Gasteiger charge is -2.14. The van der Waals surface area contributed by atoms with Crippen LogP contribution in [-0.4, -0.2) is 41.8 Å². The molecule has 7 nitrogen and oxygen atoms in total. The number of halogens is 2. The van der Waals surface area contributed by atoms with Crippen LogP contribution in [0.2, 0.25) is 0 Å². The molecule has 1 aliphatic heterocycles. The van der Waals surface area contributed by atoms with E-state index in [1.54, 1.807) is 44.2 Å². The number of methoxy groups -OCH3 is 1. The maximum Gasteiger partial charge on any atom is 0.326 e. The van der Waals surface area contributed by atoms with Crippen LogP contribution in [-0.2, 0) is 20.9 Å². The van der Waals surface area contributed by atoms with Gasteiger partial charge in [0.15, 0.2) is 11.5 Å². The Bertz CT molecular complexity index is 1100. The molecule has 0 aliphatic carbocycles. The third-order valence-electron chi connectivity index (χ3n) is 4.37. The molecular weight excluding hydrogens is 564 g/mol. The molecule has 0 aromatic heterocycles. The molecule has 0 bridgehead atoms. The van der Waals surface area contributed by atoms with Crippen LogP contribution in [0, 0.1) is 9.39 Å². The van der Waals surface area contributed by atoms with Crippen molar-refractivity contribution in [1.82, 2.24) is 4.90 Å². The Labute approximate surface area is 208 Å². The Morgan fingerprint density at radius 1 is 1.21 bits per heavy atom. The third-order valence-corrected chi connectivity index (χ3v) is 6.08. The third kappa shape index (κ3) is 6.47. The monoisotopic (exact) mass is 585 g/mol. The fourth-order valence-electron chi connectivity index (χ4n) is 2.92. The molecule has 1 fully saturated rings. The second-order valence-electron chi connectivity index (χ2n) is 7.26. The number of benzene rings is 2. The average molecular weight is 585 g/mol. The summed E-state index contributed by atoms with van der Waals surface area (Å²) in [5, 5.41) is -0.534. The van der Waals surface area contributed by atoms with E-state index in [2.05, 4.69) is 22.6 Å². The fraction of sp³-hybridized carbons (Fsp3) is 0.261. The number of carbonyl (C=O) groups is 3. The molecule has 1 heterocycles. The molecule has 2 aromatic carbocycles. The second-order valence-corrected chi connectivity index (χ2v) is 9.41. The standard InChI is InChI=1S/C23H21FINO6S/c1-13(2)32-20(27)11-26-22(28)19(33-23(26)29)10-15-8-17(25)21(18(9-15)30-3)31-12-14-4-6-16(24)7-5-14/h4-10,13H,11-12H2,1-3H3/b19-10-. The lowest BCUT2D eigenvalue weighted by molar-refractivity contribution is -0.149. The Balaban J connectivity index is 1.77. The van der Waals surface area contributed by atoms with Gasteiger partial charge in [-0.2, -0.15) is 0 Å². The van der Waals surface area contributed by atoms with E-state index in [0.717, 1.165) is 25.8 Å². The van der Waals surface area contributed by atoms with E-state index in [0.29, 0.717) is 17.1 Å². The van der Waals surface area contributed by atoms with Gasteiger partial charge in [0.1, 0.15) is 19.0 Å². The number of carbonyl (C=O) groups excluding carboxylic acids is 3. The van der Waals surface area contributed by atoms with E-state index in [1.165, 1.54) is 19.2 Å². The van der Waals surface area contributed by atoms with Gasteiger partial charge in [0.2, 0.25) is 0 Å². The molecule has 0 radical (unpaired) electrons. The molecule has 1 saturated heterocycles. The number of imide groups is 1. The highest BCUT2D eigenvalue weighted by molar-refractivity contribution is 14.1. The summed E-state index contributed by atoms with van der Waals surface area (Å²) in [6, 6.07) is 9.46. The number of nitrogens with zero attached hydrogens (tertiary/aromatic N) is 1. The van der Waals surface area contributed by atoms with E-state index in [1.807, 2.05) is 0 Å². The van der Waals surface area contributed by atoms with Crippen LogP contribution in [0.4, 0.5) is 9.18 Å². The van der Waals surface area contributed by atoms with Crippen molar-refractivity contribution in [3.8, 4) is 11.5 Å². The van der Waals surface area contributed by atoms with Crippen LogP contribution in [0.5, 0.6) is 11.5 Å². The molecular formula is C23H21FINO6S. The summed E-state index contributed by atoms with van der Waals surface area (Å²) in [6.07, 6.45) is 1.22. The zero-order valence-corrected chi connectivity index (χ0v) is 21.1. The first-order chi connectivity index (χ1) is 15.7. The minimum absolute atomic E-state index is 0.190. The SMILES string of the molecule is COc1cc(/C=C2\SC(=O)N(CC(=O)OC(C)C)C2=O)cc(I)c1OCc1ccc(F)cc1. The Hall–Kier alpha value is -2.60. The summed E-state index contributed by atoms with van der Waals surface area (Å²) < 4.78 is 30.2. The van der Waals surface area contributed by atoms with Gasteiger partial charge >= 0.3 is 5.97 Å². The Morgan fingerprint density at radius 2 is 1.91 bits per heavy atom. The van der Waals surface area contributed by atoms with Crippen LogP contribution >= 0.6 is 34.4 Å². The van der Waals surface area contributed by atoms with Crippen molar-refractivity contribution in [2.75, 3.05) is 13.7 Å². The second kappa shape index (κ2) is 11.0. The number of amides is 2. The first-order valence-electron chi connectivity index (χ1n) is 9.87. The Morgan fingerprint density at radius 3 is 2.55 bits per heavy atom. The Kier molecular flexibility index (Phi) is 8.35. The van der Waals surface area contributed by atoms with E-state index >= 15 is 0 Å². The van der Waals surface area contributed by atoms with E-state index in [-0.39, 0.29) is 23.4 Å². The number of rotatable bonds is 8. The van der Waals surface area contributed by atoms with Crippen LogP contribution in [0.3, 0.4) is 0 Å². The zero-order chi connectivity index (χ0) is 24.1. The van der Waals surface area contributed by atoms with E-state index < -0.39 is 23.7 Å². The lowest BCUT2D eigenvalue weighted by atomic mass is 10.1. The maximum absolute atomic E-state index is 13.1. The number of thioether (sulfide) groups is 1. The normalized spacial score (nSPS) is 14.8. The lowest BCUT2D eigenvalue weighted by Crippen LogP contribution is -2.35. The van der Waals surface area contributed by atoms with Crippen molar-refractivity contribution < 1.29 is 33.0 Å². The van der Waals surface area contributed by atoms with Crippen LogP contribution < -0.4 is 9.47 Å². The largest absolute Gasteiger partial charge is 0.493 e. The number of esters is 1. The van der Waals surface area contributed by atoms with E-state index in [4.69, 9.17) is 14.2 Å². The molecule has 0 spiro atoms. The van der Waals surface area contributed by atoms with Gasteiger partial charge in [-0.25, -0.2) is 4.39 Å². The van der Waals surface area contributed by atoms with Crippen molar-refractivity contribution in [1.29, 1.82) is 0 Å². The van der Waals surface area contributed by atoms with Gasteiger partial charge in [-0.05, 0) is 89.7 Å². The number of ether oxygens (including phenoxy) is 3. The minimum atomic E-state index is -0.646. The topological polar surface area (TPSA) is 82.1 Å². The molecule has 2 aromatic rings. The molecule has 2 amide bonds. The van der Waals surface area contributed by atoms with Crippen molar-refractivity contribution >= 4 is 57.5 Å². The van der Waals surface area contributed by atoms with Crippen LogP contribution in [0.1, 0.15) is 25.0 Å². The smallest absolute Gasteiger partial charge is 0.326 e. The molecule has 10 heteroatoms. The molecule has 174 valence electrons. The zero-order valence-electron chi connectivity index (χ0n) is 18.1. The molecule has 0 atom stereocenters. The summed E-state index contributed by atoms with van der Waals surface area (Å²) >= 11 is 2.84. The molecule has 1 aliphatic rings. The number of hydrogen-bond acceptors (Lipinski definition) is 7. The van der Waals surface area contributed by atoms with Crippen molar-refractivity contribution in [2.45, 2.75) is 26.6 Å². The fourth-order valence-corrected chi connectivity index (χ4v) is 4.54. The summed E-state index contributed by atoms with van der Waals surface area (Å²) in [5.74, 6) is -0.584. The molecule has 3 rings (SSSR count). The van der Waals surface area contributed by atoms with Gasteiger partial charge in [0.05, 0.1) is 21.7 Å². The van der Waals surface area contributed by atoms with E-state index in [9.17, 15) is 18.8 Å². The predicted molar refractivity (Wildman–Crippen MR) is 130 cm³/mol. The molecule has 33 heavy (non-hydrogen) atoms. The van der Waals surface area contributed by atoms with Crippen LogP contribution in [0.15, 0.2) is 41.3 Å². The average Bonchev–Trinajstić information content (AvgIpc) is 3.00. The van der Waals surface area contributed by atoms with Crippen LogP contribution in [0.25, 0.3) is 6.08 Å². The maximum atomic E-state index is 13.1. The van der Waals surface area contributed by atoms with Crippen molar-refractivity contribution in [2.24, 2.45) is 0 Å². The van der Waals surface area contributed by atoms with Gasteiger partial charge < -0.3 is 14.2 Å². The van der Waals surface area contributed by atoms with Gasteiger partial charge in [-0.15, -0.1) is 0 Å². The summed E-state index contributed by atoms with van der Waals surface area (Å²) in [7, 11) is 1.49. The number of hydrogen-bond donors (Lipinski definition) is 0. The van der Waals surface area contributed by atoms with Crippen molar-refractivity contribution in [3.63, 3.8) is 0 Å². The summed E-state index contributed by atoms with van der Waals surface area (Å²) in [4.78, 5) is 37.8. The highest BCUT2D eigenvalue weighted by Gasteiger charge is 2.36. The van der Waals surface area contributed by atoms with Crippen molar-refractivity contribution in [3.05, 3.63) is 61.8 Å². The predicted octanol–water partition coefficient (Wildman–Crippen LogP) is 5.01. The first-order valence-corrected chi connectivity index (χ1v) is 11.8.